The molecule has 2 aromatic rings. The van der Waals surface area contributed by atoms with E-state index in [0.717, 1.165) is 43.2 Å². The Bertz CT molecular complexity index is 1290. The largest absolute Gasteiger partial charge is 0.468 e. The minimum absolute atomic E-state index is 0.0299. The second-order valence-corrected chi connectivity index (χ2v) is 11.0. The first kappa shape index (κ1) is 32.5. The van der Waals surface area contributed by atoms with E-state index in [9.17, 15) is 49.1 Å². The first-order valence-corrected chi connectivity index (χ1v) is 13.6. The van der Waals surface area contributed by atoms with Crippen molar-refractivity contribution in [1.82, 2.24) is 4.90 Å². The lowest BCUT2D eigenvalue weighted by Gasteiger charge is -2.43. The van der Waals surface area contributed by atoms with E-state index in [1.54, 1.807) is 0 Å². The van der Waals surface area contributed by atoms with Gasteiger partial charge in [0.15, 0.2) is 0 Å². The number of carbonyl (C=O) groups excluding carboxylic acids is 2. The summed E-state index contributed by atoms with van der Waals surface area (Å²) in [6.45, 7) is 1.37. The van der Waals surface area contributed by atoms with Gasteiger partial charge in [-0.25, -0.2) is 0 Å². The zero-order chi connectivity index (χ0) is 31.7. The molecule has 14 heteroatoms. The molecular weight excluding hydrogens is 595 g/mol. The van der Waals surface area contributed by atoms with Gasteiger partial charge >= 0.3 is 18.5 Å². The van der Waals surface area contributed by atoms with Crippen LogP contribution in [0.25, 0.3) is 0 Å². The molecule has 5 nitrogen and oxygen atoms in total. The number of fused-ring (bicyclic) bond motifs is 1. The Morgan fingerprint density at radius 1 is 0.930 bits per heavy atom. The summed E-state index contributed by atoms with van der Waals surface area (Å²) in [6.07, 6.45) is -12.1. The molecule has 0 aromatic heterocycles. The monoisotopic (exact) mass is 624 g/mol. The van der Waals surface area contributed by atoms with Crippen molar-refractivity contribution in [2.45, 2.75) is 63.7 Å². The summed E-state index contributed by atoms with van der Waals surface area (Å²) in [5, 5.41) is 0. The Morgan fingerprint density at radius 3 is 2.02 bits per heavy atom. The second-order valence-electron chi connectivity index (χ2n) is 11.0. The molecule has 236 valence electrons. The van der Waals surface area contributed by atoms with Crippen LogP contribution in [0.4, 0.5) is 45.2 Å². The molecule has 0 N–H and O–H groups in total. The topological polar surface area (TPSA) is 49.9 Å². The highest BCUT2D eigenvalue weighted by Gasteiger charge is 2.40. The SMILES string of the molecule is CC(=O)N(Cc1cc(C(F)(F)F)cc(C(F)(F)F)c1)C1CCN(CC(COC=O)C2CCC2)c2ccc(C(F)(F)F)cc21. The Hall–Kier alpha value is -3.45. The fraction of sp³-hybridized carbons (Fsp3) is 0.517. The molecule has 0 radical (unpaired) electrons. The Morgan fingerprint density at radius 2 is 1.53 bits per heavy atom. The molecule has 2 aromatic carbocycles. The van der Waals surface area contributed by atoms with Crippen molar-refractivity contribution in [2.75, 3.05) is 24.6 Å². The maximum absolute atomic E-state index is 13.8. The fourth-order valence-electron chi connectivity index (χ4n) is 5.80. The van der Waals surface area contributed by atoms with E-state index in [-0.39, 0.29) is 43.0 Å². The number of benzene rings is 2. The number of nitrogens with zero attached hydrogens (tertiary/aromatic N) is 2. The standard InChI is InChI=1S/C29H29F9N2O3/c1-17(42)40(13-18-9-22(28(33,34)35)11-23(10-18)29(36,37)38)26-7-8-39(14-20(15-43-16-41)19-3-2-4-19)25-6-5-21(12-24(25)26)27(30,31)32/h5-6,9-12,16,19-20,26H,2-4,7-8,13-15H2,1H3. The van der Waals surface area contributed by atoms with Gasteiger partial charge in [0.2, 0.25) is 5.91 Å². The molecule has 0 spiro atoms. The number of hydrogen-bond donors (Lipinski definition) is 0. The molecule has 0 bridgehead atoms. The number of amides is 1. The highest BCUT2D eigenvalue weighted by molar-refractivity contribution is 5.75. The van der Waals surface area contributed by atoms with Gasteiger partial charge < -0.3 is 14.5 Å². The van der Waals surface area contributed by atoms with Crippen molar-refractivity contribution < 1.29 is 53.8 Å². The maximum atomic E-state index is 13.8. The van der Waals surface area contributed by atoms with Gasteiger partial charge in [-0.1, -0.05) is 6.42 Å². The third-order valence-corrected chi connectivity index (χ3v) is 8.16. The molecule has 1 aliphatic carbocycles. The third-order valence-electron chi connectivity index (χ3n) is 8.16. The normalized spacial score (nSPS) is 18.5. The van der Waals surface area contributed by atoms with Crippen molar-refractivity contribution >= 4 is 18.1 Å². The van der Waals surface area contributed by atoms with Crippen LogP contribution in [0.5, 0.6) is 0 Å². The number of rotatable bonds is 9. The molecule has 2 atom stereocenters. The Balaban J connectivity index is 1.74. The molecule has 1 heterocycles. The van der Waals surface area contributed by atoms with Crippen molar-refractivity contribution in [3.05, 3.63) is 64.2 Å². The predicted molar refractivity (Wildman–Crippen MR) is 137 cm³/mol. The van der Waals surface area contributed by atoms with Gasteiger partial charge in [0, 0.05) is 38.2 Å². The van der Waals surface area contributed by atoms with Gasteiger partial charge in [-0.15, -0.1) is 0 Å². The Labute approximate surface area is 241 Å². The first-order valence-electron chi connectivity index (χ1n) is 13.6. The molecule has 1 saturated carbocycles. The van der Waals surface area contributed by atoms with E-state index in [2.05, 4.69) is 0 Å². The lowest BCUT2D eigenvalue weighted by molar-refractivity contribution is -0.143. The van der Waals surface area contributed by atoms with Gasteiger partial charge in [0.25, 0.3) is 6.47 Å². The summed E-state index contributed by atoms with van der Waals surface area (Å²) in [5.41, 5.74) is -4.18. The van der Waals surface area contributed by atoms with Gasteiger partial charge in [-0.2, -0.15) is 39.5 Å². The van der Waals surface area contributed by atoms with Crippen molar-refractivity contribution in [2.24, 2.45) is 11.8 Å². The van der Waals surface area contributed by atoms with E-state index in [1.165, 1.54) is 6.07 Å². The summed E-state index contributed by atoms with van der Waals surface area (Å²) in [7, 11) is 0. The molecule has 2 aliphatic rings. The number of anilines is 1. The molecule has 2 unspecified atom stereocenters. The number of hydrogen-bond acceptors (Lipinski definition) is 4. The molecule has 43 heavy (non-hydrogen) atoms. The minimum Gasteiger partial charge on any atom is -0.468 e. The van der Waals surface area contributed by atoms with Crippen LogP contribution in [0.15, 0.2) is 36.4 Å². The number of carbonyl (C=O) groups is 2. The van der Waals surface area contributed by atoms with E-state index < -0.39 is 59.3 Å². The smallest absolute Gasteiger partial charge is 0.416 e. The molecule has 1 fully saturated rings. The molecule has 4 rings (SSSR count). The summed E-state index contributed by atoms with van der Waals surface area (Å²) in [5.74, 6) is -0.604. The predicted octanol–water partition coefficient (Wildman–Crippen LogP) is 7.63. The fourth-order valence-corrected chi connectivity index (χ4v) is 5.80. The average molecular weight is 625 g/mol. The van der Waals surface area contributed by atoms with Crippen LogP contribution in [0, 0.1) is 11.8 Å². The Kier molecular flexibility index (Phi) is 9.27. The minimum atomic E-state index is -5.11. The maximum Gasteiger partial charge on any atom is 0.416 e. The lowest BCUT2D eigenvalue weighted by Crippen LogP contribution is -2.44. The van der Waals surface area contributed by atoms with E-state index in [4.69, 9.17) is 4.74 Å². The van der Waals surface area contributed by atoms with Crippen LogP contribution in [-0.2, 0) is 39.4 Å². The first-order chi connectivity index (χ1) is 20.0. The number of ether oxygens (including phenoxy) is 1. The summed E-state index contributed by atoms with van der Waals surface area (Å²) in [4.78, 5) is 26.5. The van der Waals surface area contributed by atoms with E-state index in [1.807, 2.05) is 4.90 Å². The highest BCUT2D eigenvalue weighted by atomic mass is 19.4. The quantitative estimate of drug-likeness (QED) is 0.213. The molecule has 1 aliphatic heterocycles. The second kappa shape index (κ2) is 12.3. The van der Waals surface area contributed by atoms with Gasteiger partial charge in [0.1, 0.15) is 0 Å². The molecular formula is C29H29F9N2O3. The summed E-state index contributed by atoms with van der Waals surface area (Å²) < 4.78 is 127. The number of alkyl halides is 9. The highest BCUT2D eigenvalue weighted by Crippen LogP contribution is 2.44. The van der Waals surface area contributed by atoms with E-state index in [0.29, 0.717) is 30.8 Å². The van der Waals surface area contributed by atoms with Crippen LogP contribution >= 0.6 is 0 Å². The summed E-state index contributed by atoms with van der Waals surface area (Å²) >= 11 is 0. The van der Waals surface area contributed by atoms with Crippen molar-refractivity contribution in [3.8, 4) is 0 Å². The van der Waals surface area contributed by atoms with Crippen LogP contribution in [-0.4, -0.2) is 37.0 Å². The zero-order valence-electron chi connectivity index (χ0n) is 23.0. The van der Waals surface area contributed by atoms with Crippen molar-refractivity contribution in [3.63, 3.8) is 0 Å². The average Bonchev–Trinajstić information content (AvgIpc) is 2.87. The van der Waals surface area contributed by atoms with Crippen LogP contribution in [0.2, 0.25) is 0 Å². The van der Waals surface area contributed by atoms with Crippen LogP contribution in [0.3, 0.4) is 0 Å². The molecule has 0 saturated heterocycles. The van der Waals surface area contributed by atoms with Crippen LogP contribution < -0.4 is 4.90 Å². The lowest BCUT2D eigenvalue weighted by atomic mass is 9.75. The molecule has 1 amide bonds. The van der Waals surface area contributed by atoms with E-state index >= 15 is 0 Å². The number of halogens is 9. The van der Waals surface area contributed by atoms with Gasteiger partial charge in [0.05, 0.1) is 29.3 Å². The zero-order valence-corrected chi connectivity index (χ0v) is 23.0. The van der Waals surface area contributed by atoms with Crippen LogP contribution in [0.1, 0.15) is 66.5 Å². The van der Waals surface area contributed by atoms with Crippen molar-refractivity contribution in [1.29, 1.82) is 0 Å². The van der Waals surface area contributed by atoms with Gasteiger partial charge in [-0.3, -0.25) is 9.59 Å². The summed E-state index contributed by atoms with van der Waals surface area (Å²) in [6, 6.07) is 2.92. The third kappa shape index (κ3) is 7.56. The van der Waals surface area contributed by atoms with Gasteiger partial charge in [-0.05, 0) is 72.7 Å².